The number of carbonyl (C=O) groups is 2. The topological polar surface area (TPSA) is 92.6 Å². The third-order valence-corrected chi connectivity index (χ3v) is 7.42. The fourth-order valence-corrected chi connectivity index (χ4v) is 5.44. The number of nitrogens with one attached hydrogen (secondary N) is 1. The Morgan fingerprint density at radius 2 is 1.89 bits per heavy atom. The zero-order chi connectivity index (χ0) is 26.1. The number of hydrogen-bond donors (Lipinski definition) is 1. The highest BCUT2D eigenvalue weighted by atomic mass is 32.2. The molecule has 8 nitrogen and oxygen atoms in total. The number of fused-ring (bicyclic) bond motifs is 4. The van der Waals surface area contributed by atoms with Gasteiger partial charge >= 0.3 is 0 Å². The Morgan fingerprint density at radius 1 is 1.08 bits per heavy atom. The van der Waals surface area contributed by atoms with E-state index in [-0.39, 0.29) is 37.3 Å². The molecule has 38 heavy (non-hydrogen) atoms. The zero-order valence-corrected chi connectivity index (χ0v) is 21.0. The number of hydrogen-bond acceptors (Lipinski definition) is 7. The van der Waals surface area contributed by atoms with Gasteiger partial charge in [-0.15, -0.1) is 0 Å². The van der Waals surface area contributed by atoms with E-state index in [1.807, 2.05) is 42.5 Å². The number of ether oxygens (including phenoxy) is 2. The molecule has 3 heterocycles. The van der Waals surface area contributed by atoms with Crippen molar-refractivity contribution >= 4 is 40.3 Å². The maximum atomic E-state index is 14.2. The average Bonchev–Trinajstić information content (AvgIpc) is 3.54. The Bertz CT molecular complexity index is 1490. The summed E-state index contributed by atoms with van der Waals surface area (Å²) in [6.45, 7) is 0.532. The zero-order valence-electron chi connectivity index (χ0n) is 20.2. The first kappa shape index (κ1) is 24.2. The van der Waals surface area contributed by atoms with Crippen LogP contribution >= 0.6 is 11.8 Å². The fourth-order valence-electron chi connectivity index (χ4n) is 4.45. The number of benzene rings is 3. The highest BCUT2D eigenvalue weighted by Crippen LogP contribution is 2.35. The van der Waals surface area contributed by atoms with Crippen LogP contribution in [-0.4, -0.2) is 40.6 Å². The summed E-state index contributed by atoms with van der Waals surface area (Å²) in [5.74, 6) is 1.46. The standard InChI is InChI=1S/C28H23FN4O4S/c29-20-7-3-1-5-18(20)15-38-28-32-21-8-4-2-6-19(21)26-31-22(27(35)33(26)28)10-12-25(34)30-14-17-9-11-23-24(13-17)37-16-36-23/h1-9,11,13,22H,10,12,14-16H2,(H,30,34)/t22-/m1/s1. The van der Waals surface area contributed by atoms with Crippen LogP contribution in [0.25, 0.3) is 0 Å². The Morgan fingerprint density at radius 3 is 2.79 bits per heavy atom. The summed E-state index contributed by atoms with van der Waals surface area (Å²) in [5.41, 5.74) is 2.88. The summed E-state index contributed by atoms with van der Waals surface area (Å²) < 4.78 is 24.9. The molecular formula is C28H23FN4O4S. The van der Waals surface area contributed by atoms with Crippen LogP contribution < -0.4 is 14.8 Å². The molecule has 0 bridgehead atoms. The number of amides is 2. The number of rotatable bonds is 7. The summed E-state index contributed by atoms with van der Waals surface area (Å²) >= 11 is 1.28. The molecule has 10 heteroatoms. The van der Waals surface area contributed by atoms with Crippen LogP contribution in [0.4, 0.5) is 10.1 Å². The normalized spacial score (nSPS) is 17.0. The first-order chi connectivity index (χ1) is 18.6. The van der Waals surface area contributed by atoms with Gasteiger partial charge < -0.3 is 14.8 Å². The second-order valence-corrected chi connectivity index (χ2v) is 9.88. The van der Waals surface area contributed by atoms with E-state index in [1.165, 1.54) is 22.7 Å². The Balaban J connectivity index is 1.12. The molecule has 1 atom stereocenters. The first-order valence-electron chi connectivity index (χ1n) is 12.2. The van der Waals surface area contributed by atoms with E-state index < -0.39 is 6.04 Å². The van der Waals surface area contributed by atoms with Crippen LogP contribution in [-0.2, 0) is 21.9 Å². The summed E-state index contributed by atoms with van der Waals surface area (Å²) in [4.78, 5) is 36.9. The number of thioether (sulfide) groups is 1. The van der Waals surface area contributed by atoms with Crippen LogP contribution in [0.5, 0.6) is 11.5 Å². The van der Waals surface area contributed by atoms with Crippen LogP contribution in [0.15, 0.2) is 76.7 Å². The minimum absolute atomic E-state index is 0.141. The molecule has 2 amide bonds. The smallest absolute Gasteiger partial charge is 0.259 e. The number of aliphatic imine (C=N–C) groups is 2. The molecule has 0 spiro atoms. The number of carbonyl (C=O) groups excluding carboxylic acids is 2. The van der Waals surface area contributed by atoms with Crippen molar-refractivity contribution in [1.82, 2.24) is 10.2 Å². The van der Waals surface area contributed by atoms with Gasteiger partial charge in [-0.1, -0.05) is 48.2 Å². The second-order valence-electron chi connectivity index (χ2n) is 8.94. The number of nitrogens with zero attached hydrogens (tertiary/aromatic N) is 3. The molecule has 0 saturated heterocycles. The molecule has 0 saturated carbocycles. The Labute approximate surface area is 222 Å². The van der Waals surface area contributed by atoms with Gasteiger partial charge in [0.15, 0.2) is 16.7 Å². The lowest BCUT2D eigenvalue weighted by Crippen LogP contribution is -2.41. The van der Waals surface area contributed by atoms with Gasteiger partial charge in [-0.25, -0.2) is 14.3 Å². The molecule has 3 aromatic carbocycles. The van der Waals surface area contributed by atoms with E-state index in [0.29, 0.717) is 46.1 Å². The van der Waals surface area contributed by atoms with Crippen LogP contribution in [0, 0.1) is 5.82 Å². The highest BCUT2D eigenvalue weighted by Gasteiger charge is 2.41. The van der Waals surface area contributed by atoms with E-state index >= 15 is 0 Å². The molecule has 3 aliphatic rings. The average molecular weight is 531 g/mol. The van der Waals surface area contributed by atoms with E-state index in [2.05, 4.69) is 10.3 Å². The van der Waals surface area contributed by atoms with Gasteiger partial charge in [0.2, 0.25) is 12.7 Å². The van der Waals surface area contributed by atoms with Gasteiger partial charge in [-0.05, 0) is 47.9 Å². The summed E-state index contributed by atoms with van der Waals surface area (Å²) in [6.07, 6.45) is 0.404. The lowest BCUT2D eigenvalue weighted by molar-refractivity contribution is -0.125. The van der Waals surface area contributed by atoms with E-state index in [1.54, 1.807) is 18.2 Å². The third kappa shape index (κ3) is 4.74. The molecule has 0 unspecified atom stereocenters. The van der Waals surface area contributed by atoms with Gasteiger partial charge in [-0.2, -0.15) is 0 Å². The van der Waals surface area contributed by atoms with Crippen molar-refractivity contribution in [2.24, 2.45) is 9.98 Å². The predicted molar refractivity (Wildman–Crippen MR) is 142 cm³/mol. The van der Waals surface area contributed by atoms with Crippen molar-refractivity contribution in [3.8, 4) is 11.5 Å². The van der Waals surface area contributed by atoms with Gasteiger partial charge in [0, 0.05) is 24.3 Å². The summed E-state index contributed by atoms with van der Waals surface area (Å²) in [7, 11) is 0. The van der Waals surface area contributed by atoms with Crippen molar-refractivity contribution in [3.05, 3.63) is 89.2 Å². The number of halogens is 1. The van der Waals surface area contributed by atoms with Crippen LogP contribution in [0.1, 0.15) is 29.5 Å². The van der Waals surface area contributed by atoms with Crippen LogP contribution in [0.2, 0.25) is 0 Å². The second kappa shape index (κ2) is 10.3. The molecular weight excluding hydrogens is 507 g/mol. The van der Waals surface area contributed by atoms with E-state index in [9.17, 15) is 14.0 Å². The maximum absolute atomic E-state index is 14.2. The Kier molecular flexibility index (Phi) is 6.55. The quantitative estimate of drug-likeness (QED) is 0.484. The van der Waals surface area contributed by atoms with E-state index in [0.717, 1.165) is 11.1 Å². The molecule has 3 aromatic rings. The third-order valence-electron chi connectivity index (χ3n) is 6.43. The minimum Gasteiger partial charge on any atom is -0.454 e. The van der Waals surface area contributed by atoms with Gasteiger partial charge in [0.05, 0.1) is 5.69 Å². The van der Waals surface area contributed by atoms with Gasteiger partial charge in [0.1, 0.15) is 17.7 Å². The predicted octanol–water partition coefficient (Wildman–Crippen LogP) is 4.54. The van der Waals surface area contributed by atoms with Crippen molar-refractivity contribution < 1.29 is 23.5 Å². The molecule has 192 valence electrons. The number of para-hydroxylation sites is 1. The molecule has 0 aromatic heterocycles. The maximum Gasteiger partial charge on any atom is 0.259 e. The molecule has 6 rings (SSSR count). The van der Waals surface area contributed by atoms with Crippen LogP contribution in [0.3, 0.4) is 0 Å². The highest BCUT2D eigenvalue weighted by molar-refractivity contribution is 8.13. The molecule has 0 radical (unpaired) electrons. The monoisotopic (exact) mass is 530 g/mol. The summed E-state index contributed by atoms with van der Waals surface area (Å²) in [6, 6.07) is 18.8. The molecule has 0 aliphatic carbocycles. The number of amidine groups is 2. The molecule has 1 N–H and O–H groups in total. The molecule has 3 aliphatic heterocycles. The van der Waals surface area contributed by atoms with Crippen molar-refractivity contribution in [3.63, 3.8) is 0 Å². The van der Waals surface area contributed by atoms with Crippen molar-refractivity contribution in [2.45, 2.75) is 31.2 Å². The van der Waals surface area contributed by atoms with Gasteiger partial charge in [0.25, 0.3) is 5.91 Å². The minimum atomic E-state index is -0.702. The Hall–Kier alpha value is -4.18. The SMILES string of the molecule is O=C(CC[C@H]1N=C2c3ccccc3N=C(SCc3ccccc3F)N2C1=O)NCc1ccc2c(c1)OCO2. The first-order valence-corrected chi connectivity index (χ1v) is 13.2. The lowest BCUT2D eigenvalue weighted by Gasteiger charge is -2.25. The van der Waals surface area contributed by atoms with Gasteiger partial charge in [-0.3, -0.25) is 14.6 Å². The van der Waals surface area contributed by atoms with E-state index in [4.69, 9.17) is 14.5 Å². The lowest BCUT2D eigenvalue weighted by atomic mass is 10.1. The largest absolute Gasteiger partial charge is 0.454 e. The van der Waals surface area contributed by atoms with Crippen molar-refractivity contribution in [2.75, 3.05) is 6.79 Å². The fraction of sp³-hybridized carbons (Fsp3) is 0.214. The molecule has 0 fully saturated rings. The van der Waals surface area contributed by atoms with Crippen molar-refractivity contribution in [1.29, 1.82) is 0 Å². The summed E-state index contributed by atoms with van der Waals surface area (Å²) in [5, 5.41) is 3.34.